The SMILES string of the molecule is C=C(NCC(N)C[C@H]1CCCCOC1)N(C)CC. The van der Waals surface area contributed by atoms with Crippen LogP contribution < -0.4 is 11.1 Å². The molecule has 0 spiro atoms. The van der Waals surface area contributed by atoms with Gasteiger partial charge < -0.3 is 20.7 Å². The van der Waals surface area contributed by atoms with Crippen molar-refractivity contribution >= 4 is 0 Å². The second-order valence-corrected chi connectivity index (χ2v) is 5.27. The molecular weight excluding hydrogens is 226 g/mol. The van der Waals surface area contributed by atoms with E-state index in [2.05, 4.69) is 23.7 Å². The maximum atomic E-state index is 6.17. The van der Waals surface area contributed by atoms with Crippen LogP contribution >= 0.6 is 0 Å². The van der Waals surface area contributed by atoms with Crippen LogP contribution in [0.3, 0.4) is 0 Å². The van der Waals surface area contributed by atoms with Gasteiger partial charge in [-0.25, -0.2) is 0 Å². The van der Waals surface area contributed by atoms with Gasteiger partial charge in [0, 0.05) is 39.4 Å². The Morgan fingerprint density at radius 2 is 2.33 bits per heavy atom. The van der Waals surface area contributed by atoms with Crippen molar-refractivity contribution in [3.05, 3.63) is 12.4 Å². The van der Waals surface area contributed by atoms with Gasteiger partial charge in [-0.05, 0) is 32.1 Å². The number of nitrogens with one attached hydrogen (secondary N) is 1. The lowest BCUT2D eigenvalue weighted by Crippen LogP contribution is -2.38. The molecule has 1 aliphatic rings. The summed E-state index contributed by atoms with van der Waals surface area (Å²) in [7, 11) is 2.03. The molecule has 0 saturated carbocycles. The summed E-state index contributed by atoms with van der Waals surface area (Å²) in [6, 6.07) is 0.179. The van der Waals surface area contributed by atoms with E-state index in [9.17, 15) is 0 Å². The summed E-state index contributed by atoms with van der Waals surface area (Å²) in [5, 5.41) is 3.30. The number of rotatable bonds is 7. The Bertz CT molecular complexity index is 237. The maximum Gasteiger partial charge on any atom is 0.0936 e. The van der Waals surface area contributed by atoms with Gasteiger partial charge >= 0.3 is 0 Å². The van der Waals surface area contributed by atoms with Crippen LogP contribution in [0, 0.1) is 5.92 Å². The van der Waals surface area contributed by atoms with E-state index >= 15 is 0 Å². The lowest BCUT2D eigenvalue weighted by molar-refractivity contribution is 0.110. The first kappa shape index (κ1) is 15.3. The minimum Gasteiger partial charge on any atom is -0.381 e. The summed E-state index contributed by atoms with van der Waals surface area (Å²) < 4.78 is 5.59. The zero-order chi connectivity index (χ0) is 13.4. The first-order valence-electron chi connectivity index (χ1n) is 7.10. The van der Waals surface area contributed by atoms with Gasteiger partial charge in [-0.1, -0.05) is 13.0 Å². The molecule has 1 heterocycles. The van der Waals surface area contributed by atoms with Gasteiger partial charge in [-0.15, -0.1) is 0 Å². The number of ether oxygens (including phenoxy) is 1. The number of hydrogen-bond donors (Lipinski definition) is 2. The van der Waals surface area contributed by atoms with Gasteiger partial charge in [0.25, 0.3) is 0 Å². The van der Waals surface area contributed by atoms with Crippen LogP contribution in [-0.2, 0) is 4.74 Å². The van der Waals surface area contributed by atoms with Gasteiger partial charge in [-0.3, -0.25) is 0 Å². The Labute approximate surface area is 112 Å². The van der Waals surface area contributed by atoms with Crippen LogP contribution in [0.5, 0.6) is 0 Å². The molecule has 4 nitrogen and oxygen atoms in total. The average molecular weight is 255 g/mol. The predicted molar refractivity (Wildman–Crippen MR) is 76.2 cm³/mol. The van der Waals surface area contributed by atoms with E-state index in [0.717, 1.165) is 38.5 Å². The molecule has 0 radical (unpaired) electrons. The molecule has 18 heavy (non-hydrogen) atoms. The molecule has 0 amide bonds. The summed E-state index contributed by atoms with van der Waals surface area (Å²) in [4.78, 5) is 2.08. The maximum absolute atomic E-state index is 6.17. The Hall–Kier alpha value is -0.740. The molecule has 4 heteroatoms. The summed E-state index contributed by atoms with van der Waals surface area (Å²) >= 11 is 0. The van der Waals surface area contributed by atoms with Crippen LogP contribution in [-0.4, -0.2) is 44.3 Å². The lowest BCUT2D eigenvalue weighted by atomic mass is 9.96. The van der Waals surface area contributed by atoms with Crippen molar-refractivity contribution in [2.24, 2.45) is 11.7 Å². The molecular formula is C14H29N3O. The summed E-state index contributed by atoms with van der Waals surface area (Å²) in [6.07, 6.45) is 4.76. The molecule has 1 fully saturated rings. The highest BCUT2D eigenvalue weighted by atomic mass is 16.5. The average Bonchev–Trinajstić information content (AvgIpc) is 2.63. The molecule has 1 rings (SSSR count). The monoisotopic (exact) mass is 255 g/mol. The molecule has 1 aliphatic heterocycles. The molecule has 1 unspecified atom stereocenters. The predicted octanol–water partition coefficient (Wildman–Crippen LogP) is 1.53. The van der Waals surface area contributed by atoms with Crippen LogP contribution in [0.1, 0.15) is 32.6 Å². The minimum atomic E-state index is 0.179. The van der Waals surface area contributed by atoms with Gasteiger partial charge in [0.05, 0.1) is 5.82 Å². The van der Waals surface area contributed by atoms with Crippen LogP contribution in [0.4, 0.5) is 0 Å². The standard InChI is InChI=1S/C14H29N3O/c1-4-17(3)12(2)16-10-14(15)9-13-7-5-6-8-18-11-13/h13-14,16H,2,4-11,15H2,1,3H3/t13-,14?/m1/s1. The summed E-state index contributed by atoms with van der Waals surface area (Å²) in [5.74, 6) is 1.58. The third kappa shape index (κ3) is 5.74. The minimum absolute atomic E-state index is 0.179. The molecule has 0 bridgehead atoms. The van der Waals surface area contributed by atoms with Gasteiger partial charge in [0.15, 0.2) is 0 Å². The molecule has 3 N–H and O–H groups in total. The van der Waals surface area contributed by atoms with Crippen LogP contribution in [0.2, 0.25) is 0 Å². The highest BCUT2D eigenvalue weighted by Crippen LogP contribution is 2.18. The van der Waals surface area contributed by atoms with E-state index in [0.29, 0.717) is 5.92 Å². The fraction of sp³-hybridized carbons (Fsp3) is 0.857. The van der Waals surface area contributed by atoms with Crippen molar-refractivity contribution in [3.8, 4) is 0 Å². The Morgan fingerprint density at radius 1 is 1.56 bits per heavy atom. The smallest absolute Gasteiger partial charge is 0.0936 e. The molecule has 106 valence electrons. The summed E-state index contributed by atoms with van der Waals surface area (Å²) in [6.45, 7) is 9.65. The van der Waals surface area contributed by atoms with E-state index in [1.54, 1.807) is 0 Å². The fourth-order valence-electron chi connectivity index (χ4n) is 2.24. The van der Waals surface area contributed by atoms with Crippen molar-refractivity contribution in [1.29, 1.82) is 0 Å². The fourth-order valence-corrected chi connectivity index (χ4v) is 2.24. The van der Waals surface area contributed by atoms with Gasteiger partial charge in [-0.2, -0.15) is 0 Å². The highest BCUT2D eigenvalue weighted by molar-refractivity contribution is 4.90. The Balaban J connectivity index is 2.19. The normalized spacial score (nSPS) is 22.1. The quantitative estimate of drug-likeness (QED) is 0.724. The van der Waals surface area contributed by atoms with Crippen molar-refractivity contribution in [3.63, 3.8) is 0 Å². The van der Waals surface area contributed by atoms with Crippen molar-refractivity contribution in [1.82, 2.24) is 10.2 Å². The van der Waals surface area contributed by atoms with E-state index in [1.807, 2.05) is 7.05 Å². The van der Waals surface area contributed by atoms with Crippen LogP contribution in [0.15, 0.2) is 12.4 Å². The zero-order valence-electron chi connectivity index (χ0n) is 12.0. The van der Waals surface area contributed by atoms with E-state index in [1.165, 1.54) is 19.3 Å². The lowest BCUT2D eigenvalue weighted by Gasteiger charge is -2.24. The van der Waals surface area contributed by atoms with E-state index < -0.39 is 0 Å². The van der Waals surface area contributed by atoms with Crippen molar-refractivity contribution in [2.75, 3.05) is 33.4 Å². The third-order valence-corrected chi connectivity index (χ3v) is 3.64. The second kappa shape index (κ2) is 8.38. The molecule has 0 aromatic heterocycles. The van der Waals surface area contributed by atoms with E-state index in [-0.39, 0.29) is 6.04 Å². The largest absolute Gasteiger partial charge is 0.381 e. The van der Waals surface area contributed by atoms with Crippen molar-refractivity contribution in [2.45, 2.75) is 38.6 Å². The number of nitrogens with zero attached hydrogens (tertiary/aromatic N) is 1. The number of hydrogen-bond acceptors (Lipinski definition) is 4. The topological polar surface area (TPSA) is 50.5 Å². The summed E-state index contributed by atoms with van der Waals surface area (Å²) in [5.41, 5.74) is 6.17. The molecule has 1 saturated heterocycles. The Kier molecular flexibility index (Phi) is 7.13. The Morgan fingerprint density at radius 3 is 3.06 bits per heavy atom. The van der Waals surface area contributed by atoms with Gasteiger partial charge in [0.2, 0.25) is 0 Å². The zero-order valence-corrected chi connectivity index (χ0v) is 12.0. The van der Waals surface area contributed by atoms with Crippen molar-refractivity contribution < 1.29 is 4.74 Å². The first-order valence-corrected chi connectivity index (χ1v) is 7.10. The highest BCUT2D eigenvalue weighted by Gasteiger charge is 2.16. The first-order chi connectivity index (χ1) is 8.63. The number of nitrogens with two attached hydrogens (primary N) is 1. The molecule has 0 aromatic carbocycles. The van der Waals surface area contributed by atoms with Crippen LogP contribution in [0.25, 0.3) is 0 Å². The molecule has 0 aromatic rings. The molecule has 2 atom stereocenters. The second-order valence-electron chi connectivity index (χ2n) is 5.27. The van der Waals surface area contributed by atoms with Gasteiger partial charge in [0.1, 0.15) is 0 Å². The third-order valence-electron chi connectivity index (χ3n) is 3.64. The molecule has 0 aliphatic carbocycles. The van der Waals surface area contributed by atoms with E-state index in [4.69, 9.17) is 10.5 Å².